The molecule has 0 aliphatic heterocycles. The molecule has 1 heteroatoms. The molecule has 0 atom stereocenters. The predicted molar refractivity (Wildman–Crippen MR) is 102 cm³/mol. The summed E-state index contributed by atoms with van der Waals surface area (Å²) in [5.41, 5.74) is 10.8. The van der Waals surface area contributed by atoms with Gasteiger partial charge in [0.15, 0.2) is 0 Å². The Kier molecular flexibility index (Phi) is 5.43. The van der Waals surface area contributed by atoms with Crippen LogP contribution in [0, 0.1) is 27.7 Å². The van der Waals surface area contributed by atoms with Gasteiger partial charge in [-0.15, -0.1) is 0 Å². The molecule has 23 heavy (non-hydrogen) atoms. The van der Waals surface area contributed by atoms with Crippen LogP contribution in [-0.4, -0.2) is 25.5 Å². The van der Waals surface area contributed by atoms with Crippen molar-refractivity contribution in [1.29, 1.82) is 0 Å². The van der Waals surface area contributed by atoms with Crippen molar-refractivity contribution in [2.45, 2.75) is 34.6 Å². The van der Waals surface area contributed by atoms with Crippen LogP contribution in [0.3, 0.4) is 0 Å². The molecule has 0 radical (unpaired) electrons. The molecule has 0 spiro atoms. The van der Waals surface area contributed by atoms with Gasteiger partial charge in [0.1, 0.15) is 0 Å². The zero-order valence-electron chi connectivity index (χ0n) is 15.6. The molecule has 0 saturated carbocycles. The van der Waals surface area contributed by atoms with Crippen LogP contribution in [0.2, 0.25) is 0 Å². The molecule has 2 rings (SSSR count). The van der Waals surface area contributed by atoms with Gasteiger partial charge in [-0.1, -0.05) is 47.5 Å². The first-order valence-electron chi connectivity index (χ1n) is 8.29. The fourth-order valence-electron chi connectivity index (χ4n) is 3.22. The maximum Gasteiger partial charge on any atom is 0.0193 e. The molecule has 0 aliphatic rings. The number of rotatable bonds is 4. The molecule has 0 unspecified atom stereocenters. The number of likely N-dealkylation sites (N-methyl/N-ethyl adjacent to an activating group) is 1. The van der Waals surface area contributed by atoms with Crippen molar-refractivity contribution in [3.05, 3.63) is 75.4 Å². The zero-order chi connectivity index (χ0) is 17.1. The third kappa shape index (κ3) is 4.11. The minimum Gasteiger partial charge on any atom is -0.305 e. The average Bonchev–Trinajstić information content (AvgIpc) is 2.44. The van der Waals surface area contributed by atoms with E-state index < -0.39 is 0 Å². The van der Waals surface area contributed by atoms with Gasteiger partial charge in [0.05, 0.1) is 0 Å². The highest BCUT2D eigenvalue weighted by Gasteiger charge is 2.13. The van der Waals surface area contributed by atoms with Gasteiger partial charge in [-0.2, -0.15) is 0 Å². The van der Waals surface area contributed by atoms with E-state index in [2.05, 4.69) is 90.0 Å². The lowest BCUT2D eigenvalue weighted by Gasteiger charge is -2.20. The van der Waals surface area contributed by atoms with Gasteiger partial charge < -0.3 is 4.90 Å². The lowest BCUT2D eigenvalue weighted by molar-refractivity contribution is 0.446. The molecular weight excluding hydrogens is 278 g/mol. The van der Waals surface area contributed by atoms with Crippen LogP contribution < -0.4 is 0 Å². The van der Waals surface area contributed by atoms with E-state index in [1.165, 1.54) is 44.5 Å². The molecule has 0 aromatic heterocycles. The highest BCUT2D eigenvalue weighted by molar-refractivity contribution is 5.84. The lowest BCUT2D eigenvalue weighted by Crippen LogP contribution is -2.15. The van der Waals surface area contributed by atoms with Crippen molar-refractivity contribution in [3.8, 4) is 0 Å². The fraction of sp³-hybridized carbons (Fsp3) is 0.364. The van der Waals surface area contributed by atoms with Crippen molar-refractivity contribution >= 4 is 5.57 Å². The molecule has 0 N–H and O–H groups in total. The summed E-state index contributed by atoms with van der Waals surface area (Å²) in [5, 5.41) is 0. The smallest absolute Gasteiger partial charge is 0.0193 e. The summed E-state index contributed by atoms with van der Waals surface area (Å²) in [7, 11) is 4.26. The molecule has 0 heterocycles. The largest absolute Gasteiger partial charge is 0.305 e. The second-order valence-electron chi connectivity index (χ2n) is 7.01. The molecule has 1 nitrogen and oxygen atoms in total. The van der Waals surface area contributed by atoms with Crippen LogP contribution in [0.1, 0.15) is 40.3 Å². The summed E-state index contributed by atoms with van der Waals surface area (Å²) in [5.74, 6) is 0. The van der Waals surface area contributed by atoms with E-state index in [0.717, 1.165) is 6.54 Å². The second kappa shape index (κ2) is 7.14. The Bertz CT molecular complexity index is 736. The van der Waals surface area contributed by atoms with Gasteiger partial charge in [-0.3, -0.25) is 0 Å². The predicted octanol–water partition coefficient (Wildman–Crippen LogP) is 5.30. The molecular formula is C22H29N. The normalized spacial score (nSPS) is 12.5. The molecule has 0 aliphatic carbocycles. The topological polar surface area (TPSA) is 3.24 Å². The molecule has 0 amide bonds. The van der Waals surface area contributed by atoms with Crippen molar-refractivity contribution in [3.63, 3.8) is 0 Å². The maximum absolute atomic E-state index is 2.35. The van der Waals surface area contributed by atoms with Crippen LogP contribution in [0.5, 0.6) is 0 Å². The monoisotopic (exact) mass is 307 g/mol. The fourth-order valence-corrected chi connectivity index (χ4v) is 3.22. The Morgan fingerprint density at radius 1 is 0.870 bits per heavy atom. The Balaban J connectivity index is 2.71. The lowest BCUT2D eigenvalue weighted by atomic mass is 9.88. The number of hydrogen-bond acceptors (Lipinski definition) is 1. The first-order valence-corrected chi connectivity index (χ1v) is 8.29. The van der Waals surface area contributed by atoms with E-state index in [1.54, 1.807) is 0 Å². The van der Waals surface area contributed by atoms with Crippen molar-refractivity contribution < 1.29 is 0 Å². The zero-order valence-corrected chi connectivity index (χ0v) is 15.6. The van der Waals surface area contributed by atoms with Crippen LogP contribution in [0.15, 0.2) is 42.0 Å². The van der Waals surface area contributed by atoms with Gasteiger partial charge >= 0.3 is 0 Å². The highest BCUT2D eigenvalue weighted by Crippen LogP contribution is 2.31. The van der Waals surface area contributed by atoms with Gasteiger partial charge in [0.2, 0.25) is 0 Å². The number of hydrogen-bond donors (Lipinski definition) is 0. The number of nitrogens with zero attached hydrogens (tertiary/aromatic N) is 1. The minimum atomic E-state index is 0.968. The van der Waals surface area contributed by atoms with Gasteiger partial charge in [0.25, 0.3) is 0 Å². The van der Waals surface area contributed by atoms with Gasteiger partial charge in [-0.05, 0) is 82.1 Å². The Hall–Kier alpha value is -1.86. The highest BCUT2D eigenvalue weighted by atomic mass is 15.0. The Morgan fingerprint density at radius 3 is 2.13 bits per heavy atom. The maximum atomic E-state index is 2.35. The van der Waals surface area contributed by atoms with Crippen molar-refractivity contribution in [2.75, 3.05) is 20.6 Å². The van der Waals surface area contributed by atoms with Gasteiger partial charge in [-0.25, -0.2) is 0 Å². The van der Waals surface area contributed by atoms with E-state index in [-0.39, 0.29) is 0 Å². The second-order valence-corrected chi connectivity index (χ2v) is 7.01. The number of benzene rings is 2. The minimum absolute atomic E-state index is 0.968. The molecule has 2 aromatic carbocycles. The van der Waals surface area contributed by atoms with Crippen molar-refractivity contribution in [1.82, 2.24) is 4.90 Å². The van der Waals surface area contributed by atoms with E-state index in [1.807, 2.05) is 0 Å². The quantitative estimate of drug-likeness (QED) is 0.740. The summed E-state index contributed by atoms with van der Waals surface area (Å²) in [6, 6.07) is 13.5. The van der Waals surface area contributed by atoms with E-state index in [0.29, 0.717) is 0 Å². The Labute approximate surface area is 141 Å². The number of aryl methyl sites for hydroxylation is 4. The summed E-state index contributed by atoms with van der Waals surface area (Å²) >= 11 is 0. The summed E-state index contributed by atoms with van der Waals surface area (Å²) in [4.78, 5) is 2.24. The average molecular weight is 307 g/mol. The summed E-state index contributed by atoms with van der Waals surface area (Å²) in [6.07, 6.45) is 0. The van der Waals surface area contributed by atoms with Gasteiger partial charge in [0, 0.05) is 6.54 Å². The van der Waals surface area contributed by atoms with E-state index >= 15 is 0 Å². The third-order valence-corrected chi connectivity index (χ3v) is 4.40. The molecule has 122 valence electrons. The molecule has 2 aromatic rings. The molecule has 0 saturated heterocycles. The van der Waals surface area contributed by atoms with Crippen LogP contribution in [-0.2, 0) is 0 Å². The summed E-state index contributed by atoms with van der Waals surface area (Å²) in [6.45, 7) is 12.0. The Morgan fingerprint density at radius 2 is 1.52 bits per heavy atom. The van der Waals surface area contributed by atoms with E-state index in [9.17, 15) is 0 Å². The van der Waals surface area contributed by atoms with Crippen LogP contribution in [0.25, 0.3) is 5.57 Å². The standard InChI is InChI=1S/C22H29N/c1-15-9-8-10-20(11-15)22(19(5)14-23(6)7)21-13-17(3)16(2)12-18(21)4/h8-13H,14H2,1-7H3/b22-19+. The third-order valence-electron chi connectivity index (χ3n) is 4.40. The van der Waals surface area contributed by atoms with Crippen molar-refractivity contribution in [2.24, 2.45) is 0 Å². The van der Waals surface area contributed by atoms with E-state index in [4.69, 9.17) is 0 Å². The SMILES string of the molecule is C/C(CN(C)C)=C(/c1cccc(C)c1)c1cc(C)c(C)cc1C. The summed E-state index contributed by atoms with van der Waals surface area (Å²) < 4.78 is 0. The van der Waals surface area contributed by atoms with Crippen LogP contribution in [0.4, 0.5) is 0 Å². The first-order chi connectivity index (χ1) is 10.8. The van der Waals surface area contributed by atoms with Crippen LogP contribution >= 0.6 is 0 Å². The molecule has 0 bridgehead atoms. The molecule has 0 fully saturated rings. The first kappa shape index (κ1) is 17.5.